The Labute approximate surface area is 172 Å². The molecule has 1 heterocycles. The fourth-order valence-electron chi connectivity index (χ4n) is 2.67. The lowest BCUT2D eigenvalue weighted by Gasteiger charge is -2.07. The van der Waals surface area contributed by atoms with Gasteiger partial charge in [0.05, 0.1) is 6.21 Å². The Morgan fingerprint density at radius 2 is 1.79 bits per heavy atom. The van der Waals surface area contributed by atoms with Crippen molar-refractivity contribution in [2.45, 2.75) is 6.61 Å². The SMILES string of the molecule is O=C(N/N=C/c1ccc2c(c1)OCO2)c1ccc(OCc2ccc(Cl)cc2)cc1. The predicted octanol–water partition coefficient (Wildman–Crippen LogP) is 4.41. The number of hydrogen-bond donors (Lipinski definition) is 1. The molecule has 1 amide bonds. The van der Waals surface area contributed by atoms with Crippen LogP contribution in [0.1, 0.15) is 21.5 Å². The molecule has 6 nitrogen and oxygen atoms in total. The molecule has 29 heavy (non-hydrogen) atoms. The highest BCUT2D eigenvalue weighted by Gasteiger charge is 2.12. The van der Waals surface area contributed by atoms with Gasteiger partial charge in [-0.3, -0.25) is 4.79 Å². The molecule has 146 valence electrons. The van der Waals surface area contributed by atoms with Crippen LogP contribution in [-0.2, 0) is 6.61 Å². The molecule has 1 N–H and O–H groups in total. The molecule has 0 saturated heterocycles. The van der Waals surface area contributed by atoms with E-state index in [1.807, 2.05) is 30.3 Å². The second-order valence-corrected chi connectivity index (χ2v) is 6.69. The minimum Gasteiger partial charge on any atom is -0.489 e. The average molecular weight is 409 g/mol. The molecule has 0 aliphatic carbocycles. The topological polar surface area (TPSA) is 69.2 Å². The van der Waals surface area contributed by atoms with Crippen molar-refractivity contribution in [3.05, 3.63) is 88.4 Å². The molecule has 3 aromatic rings. The van der Waals surface area contributed by atoms with Crippen LogP contribution in [0.25, 0.3) is 0 Å². The van der Waals surface area contributed by atoms with Crippen LogP contribution >= 0.6 is 11.6 Å². The maximum Gasteiger partial charge on any atom is 0.271 e. The number of carbonyl (C=O) groups is 1. The van der Waals surface area contributed by atoms with E-state index in [4.69, 9.17) is 25.8 Å². The van der Waals surface area contributed by atoms with Gasteiger partial charge in [-0.2, -0.15) is 5.10 Å². The van der Waals surface area contributed by atoms with Gasteiger partial charge >= 0.3 is 0 Å². The van der Waals surface area contributed by atoms with Crippen LogP contribution in [0.4, 0.5) is 0 Å². The summed E-state index contributed by atoms with van der Waals surface area (Å²) in [6.45, 7) is 0.634. The zero-order chi connectivity index (χ0) is 20.1. The number of nitrogens with zero attached hydrogens (tertiary/aromatic N) is 1. The highest BCUT2D eigenvalue weighted by atomic mass is 35.5. The van der Waals surface area contributed by atoms with E-state index in [0.29, 0.717) is 34.4 Å². The molecule has 0 fully saturated rings. The number of hydrazone groups is 1. The predicted molar refractivity (Wildman–Crippen MR) is 110 cm³/mol. The lowest BCUT2D eigenvalue weighted by atomic mass is 10.2. The average Bonchev–Trinajstić information content (AvgIpc) is 3.21. The number of hydrogen-bond acceptors (Lipinski definition) is 5. The zero-order valence-electron chi connectivity index (χ0n) is 15.3. The highest BCUT2D eigenvalue weighted by Crippen LogP contribution is 2.31. The van der Waals surface area contributed by atoms with Gasteiger partial charge in [0.25, 0.3) is 5.91 Å². The number of amides is 1. The standard InChI is InChI=1S/C22H17ClN2O4/c23-18-6-1-15(2-7-18)13-27-19-8-4-17(5-9-19)22(26)25-24-12-16-3-10-20-21(11-16)29-14-28-20/h1-12H,13-14H2,(H,25,26)/b24-12+. The quantitative estimate of drug-likeness (QED) is 0.484. The Morgan fingerprint density at radius 3 is 2.59 bits per heavy atom. The van der Waals surface area contributed by atoms with Crippen LogP contribution in [0, 0.1) is 0 Å². The molecule has 0 saturated carbocycles. The first-order valence-electron chi connectivity index (χ1n) is 8.88. The van der Waals surface area contributed by atoms with Crippen molar-refractivity contribution in [1.29, 1.82) is 0 Å². The molecule has 7 heteroatoms. The van der Waals surface area contributed by atoms with Crippen molar-refractivity contribution < 1.29 is 19.0 Å². The second-order valence-electron chi connectivity index (χ2n) is 6.25. The normalized spacial score (nSPS) is 12.2. The van der Waals surface area contributed by atoms with E-state index in [-0.39, 0.29) is 12.7 Å². The van der Waals surface area contributed by atoms with Crippen LogP contribution in [-0.4, -0.2) is 18.9 Å². The lowest BCUT2D eigenvalue weighted by Crippen LogP contribution is -2.17. The summed E-state index contributed by atoms with van der Waals surface area (Å²) in [5.74, 6) is 1.71. The van der Waals surface area contributed by atoms with Crippen molar-refractivity contribution in [1.82, 2.24) is 5.43 Å². The monoisotopic (exact) mass is 408 g/mol. The first-order valence-corrected chi connectivity index (χ1v) is 9.25. The third-order valence-corrected chi connectivity index (χ3v) is 4.46. The maximum atomic E-state index is 12.2. The minimum absolute atomic E-state index is 0.214. The summed E-state index contributed by atoms with van der Waals surface area (Å²) in [6, 6.07) is 19.7. The fourth-order valence-corrected chi connectivity index (χ4v) is 2.80. The van der Waals surface area contributed by atoms with E-state index in [1.54, 1.807) is 42.6 Å². The van der Waals surface area contributed by atoms with Crippen molar-refractivity contribution >= 4 is 23.7 Å². The molecule has 0 atom stereocenters. The van der Waals surface area contributed by atoms with Crippen LogP contribution in [0.3, 0.4) is 0 Å². The maximum absolute atomic E-state index is 12.2. The number of carbonyl (C=O) groups excluding carboxylic acids is 1. The van der Waals surface area contributed by atoms with Gasteiger partial charge in [-0.05, 0) is 65.7 Å². The van der Waals surface area contributed by atoms with Crippen LogP contribution < -0.4 is 19.6 Å². The molecule has 0 aromatic heterocycles. The number of ether oxygens (including phenoxy) is 3. The Kier molecular flexibility index (Phi) is 5.63. The Bertz CT molecular complexity index is 1030. The lowest BCUT2D eigenvalue weighted by molar-refractivity contribution is 0.0955. The smallest absolute Gasteiger partial charge is 0.271 e. The third kappa shape index (κ3) is 4.86. The van der Waals surface area contributed by atoms with Crippen LogP contribution in [0.5, 0.6) is 17.2 Å². The molecule has 1 aliphatic heterocycles. The Hall–Kier alpha value is -3.51. The summed E-state index contributed by atoms with van der Waals surface area (Å²) in [6.07, 6.45) is 1.55. The molecular formula is C22H17ClN2O4. The Morgan fingerprint density at radius 1 is 1.03 bits per heavy atom. The molecule has 0 bridgehead atoms. The summed E-state index contributed by atoms with van der Waals surface area (Å²) < 4.78 is 16.3. The first-order chi connectivity index (χ1) is 14.2. The molecule has 4 rings (SSSR count). The van der Waals surface area contributed by atoms with Gasteiger partial charge in [-0.15, -0.1) is 0 Å². The third-order valence-electron chi connectivity index (χ3n) is 4.21. The number of benzene rings is 3. The largest absolute Gasteiger partial charge is 0.489 e. The zero-order valence-corrected chi connectivity index (χ0v) is 16.1. The van der Waals surface area contributed by atoms with Crippen molar-refractivity contribution in [2.75, 3.05) is 6.79 Å². The van der Waals surface area contributed by atoms with Gasteiger partial charge < -0.3 is 14.2 Å². The highest BCUT2D eigenvalue weighted by molar-refractivity contribution is 6.30. The number of halogens is 1. The van der Waals surface area contributed by atoms with Gasteiger partial charge in [0, 0.05) is 10.6 Å². The van der Waals surface area contributed by atoms with E-state index in [9.17, 15) is 4.79 Å². The van der Waals surface area contributed by atoms with E-state index in [1.165, 1.54) is 0 Å². The fraction of sp³-hybridized carbons (Fsp3) is 0.0909. The van der Waals surface area contributed by atoms with Gasteiger partial charge in [0.15, 0.2) is 11.5 Å². The van der Waals surface area contributed by atoms with Gasteiger partial charge in [-0.25, -0.2) is 5.43 Å². The second kappa shape index (κ2) is 8.67. The van der Waals surface area contributed by atoms with Crippen molar-refractivity contribution in [3.63, 3.8) is 0 Å². The minimum atomic E-state index is -0.314. The summed E-state index contributed by atoms with van der Waals surface area (Å²) in [5, 5.41) is 4.67. The molecule has 3 aromatic carbocycles. The number of fused-ring (bicyclic) bond motifs is 1. The van der Waals surface area contributed by atoms with E-state index in [0.717, 1.165) is 11.1 Å². The number of nitrogens with one attached hydrogen (secondary N) is 1. The number of rotatable bonds is 6. The van der Waals surface area contributed by atoms with Crippen molar-refractivity contribution in [2.24, 2.45) is 5.10 Å². The summed E-state index contributed by atoms with van der Waals surface area (Å²) >= 11 is 5.87. The van der Waals surface area contributed by atoms with Gasteiger partial charge in [0.1, 0.15) is 12.4 Å². The molecular weight excluding hydrogens is 392 g/mol. The van der Waals surface area contributed by atoms with E-state index >= 15 is 0 Å². The molecule has 0 spiro atoms. The summed E-state index contributed by atoms with van der Waals surface area (Å²) in [4.78, 5) is 12.2. The molecule has 1 aliphatic rings. The van der Waals surface area contributed by atoms with Gasteiger partial charge in [-0.1, -0.05) is 23.7 Å². The van der Waals surface area contributed by atoms with Crippen LogP contribution in [0.2, 0.25) is 5.02 Å². The summed E-state index contributed by atoms with van der Waals surface area (Å²) in [5.41, 5.74) is 4.78. The summed E-state index contributed by atoms with van der Waals surface area (Å²) in [7, 11) is 0. The van der Waals surface area contributed by atoms with E-state index in [2.05, 4.69) is 10.5 Å². The van der Waals surface area contributed by atoms with Crippen molar-refractivity contribution in [3.8, 4) is 17.2 Å². The Balaban J connectivity index is 1.30. The molecule has 0 radical (unpaired) electrons. The first kappa shape index (κ1) is 18.8. The van der Waals surface area contributed by atoms with E-state index < -0.39 is 0 Å². The molecule has 0 unspecified atom stereocenters. The van der Waals surface area contributed by atoms with Crippen LogP contribution in [0.15, 0.2) is 71.8 Å². The van der Waals surface area contributed by atoms with Gasteiger partial charge in [0.2, 0.25) is 6.79 Å².